The summed E-state index contributed by atoms with van der Waals surface area (Å²) in [7, 11) is 0. The van der Waals surface area contributed by atoms with Gasteiger partial charge in [0.15, 0.2) is 0 Å². The van der Waals surface area contributed by atoms with Crippen LogP contribution in [-0.2, 0) is 0 Å². The normalized spacial score (nSPS) is 17.2. The van der Waals surface area contributed by atoms with E-state index in [9.17, 15) is 9.90 Å². The van der Waals surface area contributed by atoms with Crippen molar-refractivity contribution in [2.45, 2.75) is 12.5 Å². The second kappa shape index (κ2) is 7.92. The number of β-amino-alcohol motifs (C(OH)–C–C–N with tert-alkyl or cyclic N) is 1. The maximum Gasteiger partial charge on any atom is 0.317 e. The van der Waals surface area contributed by atoms with E-state index in [0.29, 0.717) is 44.0 Å². The Morgan fingerprint density at radius 3 is 2.73 bits per heavy atom. The highest BCUT2D eigenvalue weighted by molar-refractivity contribution is 7.80. The fourth-order valence-corrected chi connectivity index (χ4v) is 2.27. The van der Waals surface area contributed by atoms with Gasteiger partial charge in [-0.3, -0.25) is 10.7 Å². The Morgan fingerprint density at radius 2 is 2.14 bits per heavy atom. The molecule has 0 bridgehead atoms. The van der Waals surface area contributed by atoms with Crippen LogP contribution in [0.3, 0.4) is 0 Å². The van der Waals surface area contributed by atoms with Gasteiger partial charge in [-0.1, -0.05) is 12.2 Å². The standard InChI is InChI=1S/C14H19N3O4S/c18-11-5-7-17(9-11)14(19)15-6-8-21-12-3-1-10(2-4-12)13(22)16-20/h1-4,11,18,20H,5-9H2,(H,15,19)(H,16,22)/t11-/m1/s1. The Morgan fingerprint density at radius 1 is 1.41 bits per heavy atom. The van der Waals surface area contributed by atoms with Crippen LogP contribution >= 0.6 is 12.2 Å². The Labute approximate surface area is 133 Å². The van der Waals surface area contributed by atoms with E-state index in [1.54, 1.807) is 29.2 Å². The van der Waals surface area contributed by atoms with Crippen LogP contribution in [-0.4, -0.2) is 58.6 Å². The van der Waals surface area contributed by atoms with Gasteiger partial charge in [-0.2, -0.15) is 0 Å². The fourth-order valence-electron chi connectivity index (χ4n) is 2.13. The zero-order chi connectivity index (χ0) is 15.9. The third-order valence-electron chi connectivity index (χ3n) is 3.32. The van der Waals surface area contributed by atoms with Crippen LogP contribution in [0, 0.1) is 0 Å². The summed E-state index contributed by atoms with van der Waals surface area (Å²) in [5, 5.41) is 20.8. The van der Waals surface area contributed by atoms with E-state index in [0.717, 1.165) is 0 Å². The highest BCUT2D eigenvalue weighted by atomic mass is 32.1. The van der Waals surface area contributed by atoms with E-state index in [2.05, 4.69) is 5.32 Å². The monoisotopic (exact) mass is 325 g/mol. The molecule has 0 spiro atoms. The number of amides is 2. The molecule has 0 aromatic heterocycles. The highest BCUT2D eigenvalue weighted by Crippen LogP contribution is 2.12. The lowest BCUT2D eigenvalue weighted by Crippen LogP contribution is -2.40. The molecule has 22 heavy (non-hydrogen) atoms. The molecule has 8 heteroatoms. The molecule has 0 saturated carbocycles. The molecule has 1 heterocycles. The summed E-state index contributed by atoms with van der Waals surface area (Å²) >= 11 is 4.89. The molecular weight excluding hydrogens is 306 g/mol. The molecule has 0 unspecified atom stereocenters. The summed E-state index contributed by atoms with van der Waals surface area (Å²) in [4.78, 5) is 13.6. The maximum atomic E-state index is 11.8. The van der Waals surface area contributed by atoms with E-state index in [1.807, 2.05) is 5.48 Å². The van der Waals surface area contributed by atoms with Crippen molar-refractivity contribution in [3.8, 4) is 5.75 Å². The number of nitrogens with one attached hydrogen (secondary N) is 2. The summed E-state index contributed by atoms with van der Waals surface area (Å²) in [6, 6.07) is 6.74. The first-order chi connectivity index (χ1) is 10.6. The lowest BCUT2D eigenvalue weighted by molar-refractivity contribution is 0.171. The van der Waals surface area contributed by atoms with Crippen molar-refractivity contribution in [3.63, 3.8) is 0 Å². The highest BCUT2D eigenvalue weighted by Gasteiger charge is 2.23. The predicted molar refractivity (Wildman–Crippen MR) is 84.2 cm³/mol. The number of aliphatic hydroxyl groups excluding tert-OH is 1. The fraction of sp³-hybridized carbons (Fsp3) is 0.429. The van der Waals surface area contributed by atoms with Gasteiger partial charge in [-0.05, 0) is 30.7 Å². The van der Waals surface area contributed by atoms with Crippen LogP contribution in [0.2, 0.25) is 0 Å². The van der Waals surface area contributed by atoms with Crippen molar-refractivity contribution in [2.75, 3.05) is 26.2 Å². The quantitative estimate of drug-likeness (QED) is 0.358. The molecular formula is C14H19N3O4S. The molecule has 1 fully saturated rings. The van der Waals surface area contributed by atoms with Crippen molar-refractivity contribution in [1.29, 1.82) is 0 Å². The topological polar surface area (TPSA) is 94.1 Å². The number of nitrogens with zero attached hydrogens (tertiary/aromatic N) is 1. The lowest BCUT2D eigenvalue weighted by atomic mass is 10.2. The van der Waals surface area contributed by atoms with Crippen molar-refractivity contribution >= 4 is 23.2 Å². The number of urea groups is 1. The largest absolute Gasteiger partial charge is 0.492 e. The van der Waals surface area contributed by atoms with Gasteiger partial charge < -0.3 is 20.1 Å². The average Bonchev–Trinajstić information content (AvgIpc) is 2.98. The molecule has 1 saturated heterocycles. The SMILES string of the molecule is O=C(NCCOc1ccc(C(=S)NO)cc1)N1CC[C@@H](O)C1. The van der Waals surface area contributed by atoms with Gasteiger partial charge in [0.1, 0.15) is 17.3 Å². The van der Waals surface area contributed by atoms with Gasteiger partial charge in [-0.25, -0.2) is 4.79 Å². The number of thiocarbonyl (C=S) groups is 1. The number of ether oxygens (including phenoxy) is 1. The number of aliphatic hydroxyl groups is 1. The van der Waals surface area contributed by atoms with Crippen molar-refractivity contribution in [1.82, 2.24) is 15.7 Å². The third kappa shape index (κ3) is 4.55. The zero-order valence-corrected chi connectivity index (χ0v) is 12.8. The predicted octanol–water partition coefficient (Wildman–Crippen LogP) is 0.496. The van der Waals surface area contributed by atoms with Crippen LogP contribution in [0.25, 0.3) is 0 Å². The molecule has 1 aliphatic rings. The van der Waals surface area contributed by atoms with Gasteiger partial charge in [0.2, 0.25) is 0 Å². The Kier molecular flexibility index (Phi) is 5.93. The maximum absolute atomic E-state index is 11.8. The molecule has 1 aromatic carbocycles. The van der Waals surface area contributed by atoms with E-state index in [-0.39, 0.29) is 11.0 Å². The molecule has 0 radical (unpaired) electrons. The van der Waals surface area contributed by atoms with E-state index >= 15 is 0 Å². The summed E-state index contributed by atoms with van der Waals surface area (Å²) in [5.41, 5.74) is 2.60. The number of carbonyl (C=O) groups excluding carboxylic acids is 1. The number of hydrogen-bond acceptors (Lipinski definition) is 5. The molecule has 1 aromatic rings. The molecule has 4 N–H and O–H groups in total. The van der Waals surface area contributed by atoms with E-state index < -0.39 is 6.10 Å². The smallest absolute Gasteiger partial charge is 0.317 e. The van der Waals surface area contributed by atoms with Crippen molar-refractivity contribution in [2.24, 2.45) is 0 Å². The van der Waals surface area contributed by atoms with Crippen LogP contribution in [0.4, 0.5) is 4.79 Å². The number of benzene rings is 1. The number of carbonyl (C=O) groups is 1. The van der Waals surface area contributed by atoms with Crippen molar-refractivity contribution in [3.05, 3.63) is 29.8 Å². The second-order valence-electron chi connectivity index (χ2n) is 4.93. The Hall–Kier alpha value is -1.90. The average molecular weight is 325 g/mol. The van der Waals surface area contributed by atoms with Crippen LogP contribution < -0.4 is 15.5 Å². The summed E-state index contributed by atoms with van der Waals surface area (Å²) < 4.78 is 5.50. The zero-order valence-electron chi connectivity index (χ0n) is 12.0. The molecule has 120 valence electrons. The number of hydroxylamine groups is 1. The molecule has 2 rings (SSSR count). The summed E-state index contributed by atoms with van der Waals surface area (Å²) in [6.45, 7) is 1.68. The van der Waals surface area contributed by atoms with Gasteiger partial charge in [0.25, 0.3) is 0 Å². The first-order valence-corrected chi connectivity index (χ1v) is 7.39. The minimum absolute atomic E-state index is 0.185. The number of hydrogen-bond donors (Lipinski definition) is 4. The first-order valence-electron chi connectivity index (χ1n) is 6.98. The number of likely N-dealkylation sites (tertiary alicyclic amines) is 1. The first kappa shape index (κ1) is 16.5. The molecule has 2 amide bonds. The van der Waals surface area contributed by atoms with Crippen LogP contribution in [0.1, 0.15) is 12.0 Å². The minimum Gasteiger partial charge on any atom is -0.492 e. The Balaban J connectivity index is 1.68. The third-order valence-corrected chi connectivity index (χ3v) is 3.64. The van der Waals surface area contributed by atoms with Gasteiger partial charge in [-0.15, -0.1) is 0 Å². The van der Waals surface area contributed by atoms with E-state index in [1.165, 1.54) is 0 Å². The van der Waals surface area contributed by atoms with Gasteiger partial charge in [0.05, 0.1) is 12.6 Å². The molecule has 1 aliphatic heterocycles. The molecule has 0 aliphatic carbocycles. The van der Waals surface area contributed by atoms with E-state index in [4.69, 9.17) is 22.2 Å². The minimum atomic E-state index is -0.417. The van der Waals surface area contributed by atoms with Crippen molar-refractivity contribution < 1.29 is 19.8 Å². The number of rotatable bonds is 5. The molecule has 1 atom stereocenters. The summed E-state index contributed by atoms with van der Waals surface area (Å²) in [6.07, 6.45) is 0.209. The van der Waals surface area contributed by atoms with Crippen LogP contribution in [0.15, 0.2) is 24.3 Å². The summed E-state index contributed by atoms with van der Waals surface area (Å²) in [5.74, 6) is 0.648. The van der Waals surface area contributed by atoms with Gasteiger partial charge in [0, 0.05) is 18.7 Å². The second-order valence-corrected chi connectivity index (χ2v) is 5.34. The Bertz CT molecular complexity index is 523. The van der Waals surface area contributed by atoms with Gasteiger partial charge >= 0.3 is 6.03 Å². The van der Waals surface area contributed by atoms with Crippen LogP contribution in [0.5, 0.6) is 5.75 Å². The molecule has 7 nitrogen and oxygen atoms in total. The lowest BCUT2D eigenvalue weighted by Gasteiger charge is -2.16.